The van der Waals surface area contributed by atoms with Crippen molar-refractivity contribution in [3.05, 3.63) is 71.8 Å². The zero-order chi connectivity index (χ0) is 23.0. The number of halogens is 1. The zero-order valence-corrected chi connectivity index (χ0v) is 22.4. The summed E-state index contributed by atoms with van der Waals surface area (Å²) >= 11 is 0. The smallest absolute Gasteiger partial charge is 0.192 e. The minimum absolute atomic E-state index is 0. The van der Waals surface area contributed by atoms with Gasteiger partial charge in [0.2, 0.25) is 0 Å². The molecule has 1 aromatic heterocycles. The van der Waals surface area contributed by atoms with Crippen LogP contribution in [0.15, 0.2) is 59.6 Å². The van der Waals surface area contributed by atoms with Gasteiger partial charge in [0.1, 0.15) is 11.6 Å². The van der Waals surface area contributed by atoms with Crippen molar-refractivity contribution in [2.24, 2.45) is 12.0 Å². The van der Waals surface area contributed by atoms with Crippen molar-refractivity contribution in [3.63, 3.8) is 0 Å². The van der Waals surface area contributed by atoms with E-state index in [1.54, 1.807) is 7.11 Å². The Morgan fingerprint density at radius 2 is 1.88 bits per heavy atom. The number of ether oxygens (including phenoxy) is 1. The number of aliphatic imine (C=N–C) groups is 1. The van der Waals surface area contributed by atoms with Crippen LogP contribution in [0.25, 0.3) is 0 Å². The van der Waals surface area contributed by atoms with Gasteiger partial charge in [0, 0.05) is 26.2 Å². The Morgan fingerprint density at radius 1 is 1.12 bits per heavy atom. The molecule has 0 radical (unpaired) electrons. The Kier molecular flexibility index (Phi) is 9.55. The molecular formula is C25H34IN7O. The van der Waals surface area contributed by atoms with Crippen molar-refractivity contribution in [2.45, 2.75) is 38.9 Å². The monoisotopic (exact) mass is 575 g/mol. The summed E-state index contributed by atoms with van der Waals surface area (Å²) in [4.78, 5) is 7.25. The number of hydrogen-bond acceptors (Lipinski definition) is 5. The maximum atomic E-state index is 5.59. The van der Waals surface area contributed by atoms with E-state index >= 15 is 0 Å². The summed E-state index contributed by atoms with van der Waals surface area (Å²) in [5.74, 6) is 3.46. The van der Waals surface area contributed by atoms with Gasteiger partial charge in [0.05, 0.1) is 25.9 Å². The second-order valence-corrected chi connectivity index (χ2v) is 8.33. The van der Waals surface area contributed by atoms with Gasteiger partial charge in [-0.1, -0.05) is 42.5 Å². The molecule has 1 unspecified atom stereocenters. The van der Waals surface area contributed by atoms with Crippen LogP contribution in [0.2, 0.25) is 0 Å². The molecule has 0 aliphatic carbocycles. The summed E-state index contributed by atoms with van der Waals surface area (Å²) in [5.41, 5.74) is 2.31. The van der Waals surface area contributed by atoms with E-state index in [2.05, 4.69) is 50.0 Å². The lowest BCUT2D eigenvalue weighted by atomic mass is 10.0. The highest BCUT2D eigenvalue weighted by Gasteiger charge is 2.23. The van der Waals surface area contributed by atoms with Gasteiger partial charge in [-0.3, -0.25) is 0 Å². The third-order valence-corrected chi connectivity index (χ3v) is 6.05. The fourth-order valence-corrected chi connectivity index (χ4v) is 4.07. The standard InChI is InChI=1S/C25H33N7O.HI/c1-19-29-30-24(31(19)2)17-27-25(26-16-20-10-5-4-6-11-20)28-21-12-9-15-32(18-21)22-13-7-8-14-23(22)33-3;/h4-8,10-11,13-14,21H,9,12,15-18H2,1-3H3,(H2,26,27,28);1H. The summed E-state index contributed by atoms with van der Waals surface area (Å²) in [5, 5.41) is 15.5. The highest BCUT2D eigenvalue weighted by Crippen LogP contribution is 2.29. The number of hydrogen-bond donors (Lipinski definition) is 2. The number of methoxy groups -OCH3 is 1. The van der Waals surface area contributed by atoms with E-state index in [0.717, 1.165) is 55.0 Å². The van der Waals surface area contributed by atoms with Crippen LogP contribution in [0.5, 0.6) is 5.75 Å². The van der Waals surface area contributed by atoms with Gasteiger partial charge in [-0.2, -0.15) is 0 Å². The lowest BCUT2D eigenvalue weighted by Crippen LogP contribution is -2.51. The molecule has 0 bridgehead atoms. The molecule has 182 valence electrons. The fourth-order valence-electron chi connectivity index (χ4n) is 4.07. The second-order valence-electron chi connectivity index (χ2n) is 8.33. The fraction of sp³-hybridized carbons (Fsp3) is 0.400. The average Bonchev–Trinajstić information content (AvgIpc) is 3.18. The Labute approximate surface area is 218 Å². The van der Waals surface area contributed by atoms with Crippen LogP contribution in [-0.4, -0.2) is 47.0 Å². The van der Waals surface area contributed by atoms with Crippen molar-refractivity contribution in [1.29, 1.82) is 0 Å². The number of aromatic nitrogens is 3. The second kappa shape index (κ2) is 12.6. The van der Waals surface area contributed by atoms with Crippen LogP contribution in [0.4, 0.5) is 5.69 Å². The number of benzene rings is 2. The quantitative estimate of drug-likeness (QED) is 0.255. The molecule has 1 aliphatic heterocycles. The van der Waals surface area contributed by atoms with Crippen LogP contribution < -0.4 is 20.3 Å². The van der Waals surface area contributed by atoms with E-state index in [1.807, 2.05) is 48.9 Å². The third kappa shape index (κ3) is 6.62. The first-order chi connectivity index (χ1) is 16.1. The van der Waals surface area contributed by atoms with E-state index in [4.69, 9.17) is 9.73 Å². The maximum absolute atomic E-state index is 5.59. The number of para-hydroxylation sites is 2. The number of aryl methyl sites for hydroxylation is 1. The SMILES string of the molecule is COc1ccccc1N1CCCC(NC(=NCc2ccccc2)NCc2nnc(C)n2C)C1.I. The molecule has 1 atom stereocenters. The largest absolute Gasteiger partial charge is 0.495 e. The minimum atomic E-state index is 0. The van der Waals surface area contributed by atoms with Gasteiger partial charge >= 0.3 is 0 Å². The van der Waals surface area contributed by atoms with Crippen molar-refractivity contribution in [2.75, 3.05) is 25.1 Å². The molecule has 9 heteroatoms. The number of guanidine groups is 1. The van der Waals surface area contributed by atoms with Crippen molar-refractivity contribution < 1.29 is 4.74 Å². The molecule has 8 nitrogen and oxygen atoms in total. The van der Waals surface area contributed by atoms with Gasteiger partial charge < -0.3 is 24.8 Å². The number of anilines is 1. The van der Waals surface area contributed by atoms with Crippen LogP contribution in [-0.2, 0) is 20.1 Å². The molecule has 1 fully saturated rings. The molecule has 1 aliphatic rings. The highest BCUT2D eigenvalue weighted by atomic mass is 127. The minimum Gasteiger partial charge on any atom is -0.495 e. The van der Waals surface area contributed by atoms with Gasteiger partial charge in [-0.05, 0) is 37.5 Å². The van der Waals surface area contributed by atoms with Crippen LogP contribution in [0.1, 0.15) is 30.1 Å². The van der Waals surface area contributed by atoms with Crippen molar-refractivity contribution >= 4 is 35.6 Å². The number of rotatable bonds is 7. The predicted molar refractivity (Wildman–Crippen MR) is 147 cm³/mol. The molecule has 0 amide bonds. The van der Waals surface area contributed by atoms with Gasteiger partial charge in [-0.25, -0.2) is 4.99 Å². The van der Waals surface area contributed by atoms with Crippen LogP contribution in [0.3, 0.4) is 0 Å². The molecule has 2 aromatic carbocycles. The Balaban J connectivity index is 0.00000324. The number of nitrogens with one attached hydrogen (secondary N) is 2. The Bertz CT molecular complexity index is 1070. The van der Waals surface area contributed by atoms with E-state index in [-0.39, 0.29) is 30.0 Å². The normalized spacial score (nSPS) is 16.0. The molecule has 34 heavy (non-hydrogen) atoms. The first kappa shape index (κ1) is 25.8. The van der Waals surface area contributed by atoms with Gasteiger partial charge in [-0.15, -0.1) is 34.2 Å². The molecule has 0 saturated carbocycles. The molecule has 2 N–H and O–H groups in total. The summed E-state index contributed by atoms with van der Waals surface area (Å²) in [7, 11) is 3.71. The summed E-state index contributed by atoms with van der Waals surface area (Å²) in [6, 6.07) is 18.8. The van der Waals surface area contributed by atoms with Gasteiger partial charge in [0.25, 0.3) is 0 Å². The first-order valence-electron chi connectivity index (χ1n) is 11.5. The van der Waals surface area contributed by atoms with E-state index in [1.165, 1.54) is 5.56 Å². The van der Waals surface area contributed by atoms with E-state index < -0.39 is 0 Å². The van der Waals surface area contributed by atoms with Crippen molar-refractivity contribution in [1.82, 2.24) is 25.4 Å². The number of nitrogens with zero attached hydrogens (tertiary/aromatic N) is 5. The first-order valence-corrected chi connectivity index (χ1v) is 11.5. The lowest BCUT2D eigenvalue weighted by Gasteiger charge is -2.36. The van der Waals surface area contributed by atoms with Crippen LogP contribution >= 0.6 is 24.0 Å². The average molecular weight is 575 g/mol. The zero-order valence-electron chi connectivity index (χ0n) is 20.1. The Hall–Kier alpha value is -2.82. The third-order valence-electron chi connectivity index (χ3n) is 6.05. The van der Waals surface area contributed by atoms with Crippen LogP contribution in [0, 0.1) is 6.92 Å². The predicted octanol–water partition coefficient (Wildman–Crippen LogP) is 3.65. The lowest BCUT2D eigenvalue weighted by molar-refractivity contribution is 0.408. The summed E-state index contributed by atoms with van der Waals surface area (Å²) < 4.78 is 7.58. The molecule has 0 spiro atoms. The summed E-state index contributed by atoms with van der Waals surface area (Å²) in [6.45, 7) is 5.02. The molecule has 2 heterocycles. The topological polar surface area (TPSA) is 79.6 Å². The molecule has 4 rings (SSSR count). The van der Waals surface area contributed by atoms with E-state index in [0.29, 0.717) is 13.1 Å². The van der Waals surface area contributed by atoms with Gasteiger partial charge in [0.15, 0.2) is 11.8 Å². The molecule has 3 aromatic rings. The van der Waals surface area contributed by atoms with Crippen molar-refractivity contribution in [3.8, 4) is 5.75 Å². The maximum Gasteiger partial charge on any atom is 0.192 e. The van der Waals surface area contributed by atoms with E-state index in [9.17, 15) is 0 Å². The molecule has 1 saturated heterocycles. The summed E-state index contributed by atoms with van der Waals surface area (Å²) in [6.07, 6.45) is 2.19. The molecular weight excluding hydrogens is 541 g/mol. The Morgan fingerprint density at radius 3 is 2.62 bits per heavy atom. The number of piperidine rings is 1. The highest BCUT2D eigenvalue weighted by molar-refractivity contribution is 14.0.